The molecular formula is C17H17N3O5. The van der Waals surface area contributed by atoms with Gasteiger partial charge in [0.05, 0.1) is 18.9 Å². The van der Waals surface area contributed by atoms with Crippen LogP contribution in [-0.4, -0.2) is 30.4 Å². The SMILES string of the molecule is COc1cc(C=NNC(N)=O)ccc1OCc1ccc(C(=O)O)cc1. The molecule has 2 aromatic carbocycles. The van der Waals surface area contributed by atoms with Crippen LogP contribution in [0.15, 0.2) is 47.6 Å². The van der Waals surface area contributed by atoms with E-state index in [0.29, 0.717) is 17.1 Å². The Morgan fingerprint density at radius 1 is 1.20 bits per heavy atom. The highest BCUT2D eigenvalue weighted by Gasteiger charge is 2.07. The predicted molar refractivity (Wildman–Crippen MR) is 91.0 cm³/mol. The first-order valence-corrected chi connectivity index (χ1v) is 7.21. The summed E-state index contributed by atoms with van der Waals surface area (Å²) in [5.41, 5.74) is 8.74. The Kier molecular flexibility index (Phi) is 5.94. The molecule has 0 saturated heterocycles. The second-order valence-electron chi connectivity index (χ2n) is 4.94. The van der Waals surface area contributed by atoms with E-state index in [-0.39, 0.29) is 12.2 Å². The molecule has 0 radical (unpaired) electrons. The van der Waals surface area contributed by atoms with Gasteiger partial charge >= 0.3 is 12.0 Å². The van der Waals surface area contributed by atoms with Crippen LogP contribution >= 0.6 is 0 Å². The van der Waals surface area contributed by atoms with Crippen molar-refractivity contribution in [2.45, 2.75) is 6.61 Å². The summed E-state index contributed by atoms with van der Waals surface area (Å²) in [5, 5.41) is 12.5. The number of benzene rings is 2. The number of hydrogen-bond donors (Lipinski definition) is 3. The average molecular weight is 343 g/mol. The number of amides is 2. The lowest BCUT2D eigenvalue weighted by Crippen LogP contribution is -2.24. The van der Waals surface area contributed by atoms with Crippen molar-refractivity contribution in [2.75, 3.05) is 7.11 Å². The molecule has 0 aliphatic carbocycles. The summed E-state index contributed by atoms with van der Waals surface area (Å²) < 4.78 is 11.0. The number of nitrogens with one attached hydrogen (secondary N) is 1. The summed E-state index contributed by atoms with van der Waals surface area (Å²) in [5.74, 6) is 0.0345. The minimum Gasteiger partial charge on any atom is -0.493 e. The van der Waals surface area contributed by atoms with E-state index in [2.05, 4.69) is 10.5 Å². The summed E-state index contributed by atoms with van der Waals surface area (Å²) in [6.45, 7) is 0.257. The number of carboxylic acid groups (broad SMARTS) is 1. The fourth-order valence-corrected chi connectivity index (χ4v) is 1.96. The molecular weight excluding hydrogens is 326 g/mol. The third-order valence-corrected chi connectivity index (χ3v) is 3.17. The standard InChI is InChI=1S/C17H17N3O5/c1-24-15-8-12(9-19-20-17(18)23)4-7-14(15)25-10-11-2-5-13(6-3-11)16(21)22/h2-9H,10H2,1H3,(H,21,22)(H3,18,20,23). The van der Waals surface area contributed by atoms with Gasteiger partial charge in [-0.25, -0.2) is 15.0 Å². The van der Waals surface area contributed by atoms with Crippen LogP contribution in [0.25, 0.3) is 0 Å². The van der Waals surface area contributed by atoms with Gasteiger partial charge in [-0.2, -0.15) is 5.10 Å². The van der Waals surface area contributed by atoms with E-state index in [1.165, 1.54) is 25.5 Å². The summed E-state index contributed by atoms with van der Waals surface area (Å²) in [4.78, 5) is 21.4. The van der Waals surface area contributed by atoms with Crippen LogP contribution in [0.5, 0.6) is 11.5 Å². The lowest BCUT2D eigenvalue weighted by atomic mass is 10.1. The molecule has 25 heavy (non-hydrogen) atoms. The maximum atomic E-state index is 10.8. The zero-order valence-electron chi connectivity index (χ0n) is 13.4. The molecule has 0 fully saturated rings. The topological polar surface area (TPSA) is 123 Å². The summed E-state index contributed by atoms with van der Waals surface area (Å²) in [7, 11) is 1.51. The highest BCUT2D eigenvalue weighted by atomic mass is 16.5. The number of rotatable bonds is 7. The number of nitrogens with two attached hydrogens (primary N) is 1. The highest BCUT2D eigenvalue weighted by molar-refractivity contribution is 5.87. The molecule has 0 atom stereocenters. The molecule has 0 heterocycles. The summed E-state index contributed by atoms with van der Waals surface area (Å²) in [6, 6.07) is 10.8. The average Bonchev–Trinajstić information content (AvgIpc) is 2.60. The fraction of sp³-hybridized carbons (Fsp3) is 0.118. The van der Waals surface area contributed by atoms with Crippen molar-refractivity contribution in [3.63, 3.8) is 0 Å². The zero-order chi connectivity index (χ0) is 18.2. The molecule has 0 bridgehead atoms. The van der Waals surface area contributed by atoms with Crippen LogP contribution in [0.1, 0.15) is 21.5 Å². The van der Waals surface area contributed by atoms with Crippen molar-refractivity contribution in [3.8, 4) is 11.5 Å². The maximum Gasteiger partial charge on any atom is 0.335 e. The smallest absolute Gasteiger partial charge is 0.335 e. The number of methoxy groups -OCH3 is 1. The molecule has 0 aliphatic rings. The van der Waals surface area contributed by atoms with Crippen LogP contribution in [0.4, 0.5) is 4.79 Å². The zero-order valence-corrected chi connectivity index (χ0v) is 13.4. The van der Waals surface area contributed by atoms with E-state index in [1.54, 1.807) is 30.3 Å². The van der Waals surface area contributed by atoms with Gasteiger partial charge in [-0.05, 0) is 41.5 Å². The number of urea groups is 1. The van der Waals surface area contributed by atoms with Gasteiger partial charge in [0.1, 0.15) is 6.61 Å². The van der Waals surface area contributed by atoms with Crippen LogP contribution in [0.3, 0.4) is 0 Å². The quantitative estimate of drug-likeness (QED) is 0.524. The summed E-state index contributed by atoms with van der Waals surface area (Å²) >= 11 is 0. The number of hydrazone groups is 1. The second kappa shape index (κ2) is 8.34. The first-order chi connectivity index (χ1) is 12.0. The number of ether oxygens (including phenoxy) is 2. The van der Waals surface area contributed by atoms with Crippen molar-refractivity contribution in [3.05, 3.63) is 59.2 Å². The second-order valence-corrected chi connectivity index (χ2v) is 4.94. The van der Waals surface area contributed by atoms with Gasteiger partial charge < -0.3 is 20.3 Å². The number of aromatic carboxylic acids is 1. The van der Waals surface area contributed by atoms with Gasteiger partial charge in [0, 0.05) is 0 Å². The Balaban J connectivity index is 2.04. The van der Waals surface area contributed by atoms with Gasteiger partial charge in [-0.15, -0.1) is 0 Å². The van der Waals surface area contributed by atoms with E-state index in [4.69, 9.17) is 20.3 Å². The predicted octanol–water partition coefficient (Wildman–Crippen LogP) is 1.97. The number of hydrogen-bond acceptors (Lipinski definition) is 5. The largest absolute Gasteiger partial charge is 0.493 e. The number of nitrogens with zero attached hydrogens (tertiary/aromatic N) is 1. The maximum absolute atomic E-state index is 10.8. The van der Waals surface area contributed by atoms with Gasteiger partial charge in [0.25, 0.3) is 0 Å². The molecule has 0 aromatic heterocycles. The number of carboxylic acids is 1. The summed E-state index contributed by atoms with van der Waals surface area (Å²) in [6.07, 6.45) is 1.42. The van der Waals surface area contributed by atoms with Gasteiger partial charge in [0.15, 0.2) is 11.5 Å². The normalized spacial score (nSPS) is 10.4. The number of carbonyl (C=O) groups excluding carboxylic acids is 1. The molecule has 8 heteroatoms. The minimum absolute atomic E-state index is 0.217. The first-order valence-electron chi connectivity index (χ1n) is 7.21. The van der Waals surface area contributed by atoms with Gasteiger partial charge in [-0.1, -0.05) is 12.1 Å². The molecule has 0 saturated carbocycles. The third kappa shape index (κ3) is 5.24. The van der Waals surface area contributed by atoms with E-state index < -0.39 is 12.0 Å². The first kappa shape index (κ1) is 17.8. The Morgan fingerprint density at radius 3 is 2.52 bits per heavy atom. The van der Waals surface area contributed by atoms with Gasteiger partial charge in [-0.3, -0.25) is 0 Å². The molecule has 2 rings (SSSR count). The molecule has 0 spiro atoms. The van der Waals surface area contributed by atoms with Crippen molar-refractivity contribution in [1.29, 1.82) is 0 Å². The van der Waals surface area contributed by atoms with Crippen molar-refractivity contribution < 1.29 is 24.2 Å². The number of primary amides is 1. The van der Waals surface area contributed by atoms with E-state index >= 15 is 0 Å². The third-order valence-electron chi connectivity index (χ3n) is 3.17. The van der Waals surface area contributed by atoms with Crippen molar-refractivity contribution >= 4 is 18.2 Å². The van der Waals surface area contributed by atoms with Crippen LogP contribution < -0.4 is 20.6 Å². The number of carbonyl (C=O) groups is 2. The Labute approximate surface area is 143 Å². The lowest BCUT2D eigenvalue weighted by Gasteiger charge is -2.11. The molecule has 2 amide bonds. The van der Waals surface area contributed by atoms with E-state index in [9.17, 15) is 9.59 Å². The molecule has 130 valence electrons. The van der Waals surface area contributed by atoms with E-state index in [1.807, 2.05) is 0 Å². The molecule has 8 nitrogen and oxygen atoms in total. The monoisotopic (exact) mass is 343 g/mol. The lowest BCUT2D eigenvalue weighted by molar-refractivity contribution is 0.0697. The highest BCUT2D eigenvalue weighted by Crippen LogP contribution is 2.28. The van der Waals surface area contributed by atoms with Gasteiger partial charge in [0.2, 0.25) is 0 Å². The Bertz CT molecular complexity index is 787. The van der Waals surface area contributed by atoms with Crippen LogP contribution in [-0.2, 0) is 6.61 Å². The molecule has 0 unspecified atom stereocenters. The Hall–Kier alpha value is -3.55. The van der Waals surface area contributed by atoms with Crippen molar-refractivity contribution in [2.24, 2.45) is 10.8 Å². The molecule has 0 aliphatic heterocycles. The fourth-order valence-electron chi connectivity index (χ4n) is 1.96. The van der Waals surface area contributed by atoms with Crippen LogP contribution in [0.2, 0.25) is 0 Å². The molecule has 2 aromatic rings. The van der Waals surface area contributed by atoms with Crippen LogP contribution in [0, 0.1) is 0 Å². The minimum atomic E-state index is -0.975. The Morgan fingerprint density at radius 2 is 1.92 bits per heavy atom. The van der Waals surface area contributed by atoms with E-state index in [0.717, 1.165) is 5.56 Å². The molecule has 4 N–H and O–H groups in total. The van der Waals surface area contributed by atoms with Crippen molar-refractivity contribution in [1.82, 2.24) is 5.43 Å².